The van der Waals surface area contributed by atoms with Gasteiger partial charge in [0, 0.05) is 18.5 Å². The maximum absolute atomic E-state index is 5.06. The Morgan fingerprint density at radius 3 is 3.08 bits per heavy atom. The lowest BCUT2D eigenvalue weighted by Crippen LogP contribution is -2.05. The van der Waals surface area contributed by atoms with Gasteiger partial charge in [0.25, 0.3) is 0 Å². The van der Waals surface area contributed by atoms with Crippen molar-refractivity contribution in [1.82, 2.24) is 9.97 Å². The van der Waals surface area contributed by atoms with Crippen LogP contribution >= 0.6 is 12.2 Å². The van der Waals surface area contributed by atoms with Gasteiger partial charge in [0.1, 0.15) is 16.3 Å². The van der Waals surface area contributed by atoms with Gasteiger partial charge in [-0.15, -0.1) is 0 Å². The minimum absolute atomic E-state index is 0.651. The molecule has 1 fully saturated rings. The van der Waals surface area contributed by atoms with Crippen LogP contribution in [0.5, 0.6) is 0 Å². The van der Waals surface area contributed by atoms with E-state index in [1.807, 2.05) is 6.07 Å². The molecule has 2 rings (SSSR count). The van der Waals surface area contributed by atoms with Crippen LogP contribution in [0.15, 0.2) is 6.07 Å². The standard InChI is InChI=1S/C9H13N3S/c1-2-7-11-8(5-9(13)12-7)10-6-3-4-6/h5-6H,2-4H2,1H3,(H2,10,11,12,13). The minimum Gasteiger partial charge on any atom is -0.369 e. The van der Waals surface area contributed by atoms with Gasteiger partial charge in [0.15, 0.2) is 0 Å². The van der Waals surface area contributed by atoms with Crippen LogP contribution < -0.4 is 5.32 Å². The van der Waals surface area contributed by atoms with E-state index in [4.69, 9.17) is 12.2 Å². The summed E-state index contributed by atoms with van der Waals surface area (Å²) >= 11 is 5.06. The van der Waals surface area contributed by atoms with E-state index in [2.05, 4.69) is 22.2 Å². The van der Waals surface area contributed by atoms with Gasteiger partial charge >= 0.3 is 0 Å². The van der Waals surface area contributed by atoms with Crippen molar-refractivity contribution in [3.8, 4) is 0 Å². The van der Waals surface area contributed by atoms with Gasteiger partial charge in [0.05, 0.1) is 0 Å². The SMILES string of the molecule is CCc1nc(=S)cc(NC2CC2)[nH]1. The molecule has 0 spiro atoms. The van der Waals surface area contributed by atoms with Crippen molar-refractivity contribution in [2.75, 3.05) is 5.32 Å². The third-order valence-corrected chi connectivity index (χ3v) is 2.27. The predicted molar refractivity (Wildman–Crippen MR) is 55.4 cm³/mol. The summed E-state index contributed by atoms with van der Waals surface area (Å²) in [7, 11) is 0. The molecule has 1 aromatic heterocycles. The van der Waals surface area contributed by atoms with Gasteiger partial charge in [-0.2, -0.15) is 0 Å². The summed E-state index contributed by atoms with van der Waals surface area (Å²) in [6.07, 6.45) is 3.43. The number of aromatic amines is 1. The van der Waals surface area contributed by atoms with Crippen molar-refractivity contribution >= 4 is 18.0 Å². The van der Waals surface area contributed by atoms with Crippen molar-refractivity contribution in [3.05, 3.63) is 16.5 Å². The Balaban J connectivity index is 2.22. The summed E-state index contributed by atoms with van der Waals surface area (Å²) in [5.41, 5.74) is 0. The Bertz CT molecular complexity index is 354. The predicted octanol–water partition coefficient (Wildman–Crippen LogP) is 2.28. The second kappa shape index (κ2) is 3.46. The van der Waals surface area contributed by atoms with Crippen LogP contribution in [-0.2, 0) is 6.42 Å². The molecule has 0 amide bonds. The number of H-pyrrole nitrogens is 1. The minimum atomic E-state index is 0.651. The number of nitrogens with one attached hydrogen (secondary N) is 2. The lowest BCUT2D eigenvalue weighted by atomic mass is 10.4. The molecule has 70 valence electrons. The molecular formula is C9H13N3S. The summed E-state index contributed by atoms with van der Waals surface area (Å²) in [6, 6.07) is 2.53. The van der Waals surface area contributed by atoms with E-state index in [0.29, 0.717) is 10.7 Å². The highest BCUT2D eigenvalue weighted by Crippen LogP contribution is 2.23. The molecule has 0 radical (unpaired) electrons. The van der Waals surface area contributed by atoms with E-state index in [1.54, 1.807) is 0 Å². The van der Waals surface area contributed by atoms with Crippen molar-refractivity contribution in [2.24, 2.45) is 0 Å². The van der Waals surface area contributed by atoms with Gasteiger partial charge in [-0.25, -0.2) is 4.98 Å². The molecule has 0 aliphatic heterocycles. The number of anilines is 1. The maximum atomic E-state index is 5.06. The van der Waals surface area contributed by atoms with Crippen molar-refractivity contribution in [3.63, 3.8) is 0 Å². The molecule has 0 aromatic carbocycles. The lowest BCUT2D eigenvalue weighted by molar-refractivity contribution is 0.926. The Hall–Kier alpha value is -0.900. The topological polar surface area (TPSA) is 40.7 Å². The summed E-state index contributed by atoms with van der Waals surface area (Å²) in [5.74, 6) is 1.97. The highest BCUT2D eigenvalue weighted by Gasteiger charge is 2.20. The number of nitrogens with zero attached hydrogens (tertiary/aromatic N) is 1. The Labute approximate surface area is 82.6 Å². The largest absolute Gasteiger partial charge is 0.369 e. The Morgan fingerprint density at radius 1 is 1.69 bits per heavy atom. The highest BCUT2D eigenvalue weighted by molar-refractivity contribution is 7.71. The van der Waals surface area contributed by atoms with Crippen LogP contribution in [0.25, 0.3) is 0 Å². The third-order valence-electron chi connectivity index (χ3n) is 2.06. The molecule has 1 aliphatic carbocycles. The third kappa shape index (κ3) is 2.28. The normalized spacial score (nSPS) is 15.8. The Morgan fingerprint density at radius 2 is 2.46 bits per heavy atom. The number of hydrogen-bond donors (Lipinski definition) is 2. The quantitative estimate of drug-likeness (QED) is 0.727. The molecule has 3 nitrogen and oxygen atoms in total. The summed E-state index contributed by atoms with van der Waals surface area (Å²) in [5, 5.41) is 3.37. The van der Waals surface area contributed by atoms with E-state index in [9.17, 15) is 0 Å². The molecule has 0 atom stereocenters. The van der Waals surface area contributed by atoms with E-state index in [1.165, 1.54) is 12.8 Å². The highest BCUT2D eigenvalue weighted by atomic mass is 32.1. The van der Waals surface area contributed by atoms with Gasteiger partial charge in [-0.1, -0.05) is 19.1 Å². The molecule has 1 aromatic rings. The van der Waals surface area contributed by atoms with Crippen LogP contribution in [-0.4, -0.2) is 16.0 Å². The van der Waals surface area contributed by atoms with Gasteiger partial charge in [0.2, 0.25) is 0 Å². The summed E-state index contributed by atoms with van der Waals surface area (Å²) < 4.78 is 0.666. The van der Waals surface area contributed by atoms with E-state index in [-0.39, 0.29) is 0 Å². The van der Waals surface area contributed by atoms with Crippen LogP contribution in [0, 0.1) is 4.64 Å². The average molecular weight is 195 g/mol. The first-order chi connectivity index (χ1) is 6.28. The zero-order valence-corrected chi connectivity index (χ0v) is 8.45. The second-order valence-corrected chi connectivity index (χ2v) is 3.77. The monoisotopic (exact) mass is 195 g/mol. The molecule has 2 N–H and O–H groups in total. The number of rotatable bonds is 3. The molecule has 1 aliphatic rings. The van der Waals surface area contributed by atoms with Gasteiger partial charge < -0.3 is 10.3 Å². The van der Waals surface area contributed by atoms with Crippen molar-refractivity contribution in [2.45, 2.75) is 32.2 Å². The lowest BCUT2D eigenvalue weighted by Gasteiger charge is -2.05. The second-order valence-electron chi connectivity index (χ2n) is 3.35. The molecule has 13 heavy (non-hydrogen) atoms. The van der Waals surface area contributed by atoms with Gasteiger partial charge in [-0.3, -0.25) is 0 Å². The number of hydrogen-bond acceptors (Lipinski definition) is 3. The van der Waals surface area contributed by atoms with Crippen molar-refractivity contribution in [1.29, 1.82) is 0 Å². The van der Waals surface area contributed by atoms with Crippen LogP contribution in [0.4, 0.5) is 5.82 Å². The fraction of sp³-hybridized carbons (Fsp3) is 0.556. The Kier molecular flexibility index (Phi) is 2.31. The number of aromatic nitrogens is 2. The summed E-state index contributed by atoms with van der Waals surface area (Å²) in [4.78, 5) is 7.42. The van der Waals surface area contributed by atoms with Crippen LogP contribution in [0.1, 0.15) is 25.6 Å². The molecular weight excluding hydrogens is 182 g/mol. The number of aryl methyl sites for hydroxylation is 1. The molecule has 1 saturated carbocycles. The maximum Gasteiger partial charge on any atom is 0.131 e. The van der Waals surface area contributed by atoms with E-state index in [0.717, 1.165) is 18.1 Å². The fourth-order valence-electron chi connectivity index (χ4n) is 1.20. The summed E-state index contributed by atoms with van der Waals surface area (Å²) in [6.45, 7) is 2.06. The van der Waals surface area contributed by atoms with Crippen molar-refractivity contribution < 1.29 is 0 Å². The molecule has 4 heteroatoms. The zero-order chi connectivity index (χ0) is 9.26. The first-order valence-electron chi connectivity index (χ1n) is 4.64. The molecule has 1 heterocycles. The van der Waals surface area contributed by atoms with Crippen LogP contribution in [0.2, 0.25) is 0 Å². The zero-order valence-electron chi connectivity index (χ0n) is 7.63. The van der Waals surface area contributed by atoms with Crippen LogP contribution in [0.3, 0.4) is 0 Å². The fourth-order valence-corrected chi connectivity index (χ4v) is 1.43. The smallest absolute Gasteiger partial charge is 0.131 e. The van der Waals surface area contributed by atoms with E-state index < -0.39 is 0 Å². The van der Waals surface area contributed by atoms with E-state index >= 15 is 0 Å². The molecule has 0 saturated heterocycles. The average Bonchev–Trinajstić information content (AvgIpc) is 2.87. The molecule has 0 bridgehead atoms. The molecule has 0 unspecified atom stereocenters. The van der Waals surface area contributed by atoms with Gasteiger partial charge in [-0.05, 0) is 12.8 Å². The first-order valence-corrected chi connectivity index (χ1v) is 5.05. The first kappa shape index (κ1) is 8.69.